The molecule has 23 heavy (non-hydrogen) atoms. The molecule has 1 N–H and O–H groups in total. The second kappa shape index (κ2) is 8.85. The average molecular weight is 436 g/mol. The van der Waals surface area contributed by atoms with Gasteiger partial charge in [0.15, 0.2) is 5.96 Å². The number of halogens is 1. The van der Waals surface area contributed by atoms with Crippen LogP contribution in [-0.4, -0.2) is 75.3 Å². The first-order valence-corrected chi connectivity index (χ1v) is 8.96. The van der Waals surface area contributed by atoms with Gasteiger partial charge in [0.05, 0.1) is 6.61 Å². The molecule has 3 heterocycles. The molecular formula is C17H33IN4O. The molecule has 2 unspecified atom stereocenters. The van der Waals surface area contributed by atoms with Gasteiger partial charge in [-0.1, -0.05) is 6.92 Å². The summed E-state index contributed by atoms with van der Waals surface area (Å²) in [5.41, 5.74) is 0.402. The molecule has 3 aliphatic rings. The lowest BCUT2D eigenvalue weighted by Crippen LogP contribution is -2.44. The summed E-state index contributed by atoms with van der Waals surface area (Å²) in [7, 11) is 1.91. The summed E-state index contributed by atoms with van der Waals surface area (Å²) in [5.74, 6) is 1.75. The molecular weight excluding hydrogens is 403 g/mol. The molecule has 0 saturated carbocycles. The van der Waals surface area contributed by atoms with Crippen molar-refractivity contribution in [3.8, 4) is 0 Å². The standard InChI is InChI=1S/C17H32N4O.HI/c1-15(12-20-7-3-4-8-20)11-19-16(18-2)21-9-5-17(13-21)6-10-22-14-17;/h15H,3-14H2,1-2H3,(H,18,19);1H. The van der Waals surface area contributed by atoms with Gasteiger partial charge >= 0.3 is 0 Å². The summed E-state index contributed by atoms with van der Waals surface area (Å²) in [4.78, 5) is 9.53. The first kappa shape index (κ1) is 19.2. The average Bonchev–Trinajstić information content (AvgIpc) is 3.24. The molecule has 3 fully saturated rings. The van der Waals surface area contributed by atoms with Crippen LogP contribution in [0.15, 0.2) is 4.99 Å². The highest BCUT2D eigenvalue weighted by atomic mass is 127. The third-order valence-corrected chi connectivity index (χ3v) is 5.51. The van der Waals surface area contributed by atoms with Gasteiger partial charge < -0.3 is 19.9 Å². The van der Waals surface area contributed by atoms with E-state index in [1.54, 1.807) is 0 Å². The van der Waals surface area contributed by atoms with Crippen LogP contribution in [0.3, 0.4) is 0 Å². The van der Waals surface area contributed by atoms with Crippen LogP contribution >= 0.6 is 24.0 Å². The molecule has 0 bridgehead atoms. The van der Waals surface area contributed by atoms with Gasteiger partial charge in [0.1, 0.15) is 0 Å². The Kier molecular flexibility index (Phi) is 7.41. The first-order valence-electron chi connectivity index (χ1n) is 8.96. The highest BCUT2D eigenvalue weighted by molar-refractivity contribution is 14.0. The lowest BCUT2D eigenvalue weighted by Gasteiger charge is -2.26. The van der Waals surface area contributed by atoms with E-state index in [0.29, 0.717) is 11.3 Å². The smallest absolute Gasteiger partial charge is 0.193 e. The minimum atomic E-state index is 0. The van der Waals surface area contributed by atoms with Crippen molar-refractivity contribution in [1.29, 1.82) is 0 Å². The fraction of sp³-hybridized carbons (Fsp3) is 0.941. The summed E-state index contributed by atoms with van der Waals surface area (Å²) in [6, 6.07) is 0. The number of guanidine groups is 1. The lowest BCUT2D eigenvalue weighted by atomic mass is 9.87. The van der Waals surface area contributed by atoms with Crippen molar-refractivity contribution in [3.63, 3.8) is 0 Å². The minimum Gasteiger partial charge on any atom is -0.381 e. The Labute approximate surface area is 158 Å². The SMILES string of the molecule is CN=C(NCC(C)CN1CCCC1)N1CCC2(CCOC2)C1.I. The quantitative estimate of drug-likeness (QED) is 0.416. The molecule has 0 aliphatic carbocycles. The Morgan fingerprint density at radius 3 is 2.70 bits per heavy atom. The van der Waals surface area contributed by atoms with Crippen molar-refractivity contribution in [3.05, 3.63) is 0 Å². The van der Waals surface area contributed by atoms with E-state index in [1.807, 2.05) is 7.05 Å². The summed E-state index contributed by atoms with van der Waals surface area (Å²) >= 11 is 0. The lowest BCUT2D eigenvalue weighted by molar-refractivity contribution is 0.156. The maximum Gasteiger partial charge on any atom is 0.193 e. The molecule has 0 aromatic carbocycles. The van der Waals surface area contributed by atoms with Gasteiger partial charge in [0, 0.05) is 45.2 Å². The van der Waals surface area contributed by atoms with Crippen molar-refractivity contribution >= 4 is 29.9 Å². The molecule has 0 aromatic heterocycles. The normalized spacial score (nSPS) is 30.0. The number of nitrogens with one attached hydrogen (secondary N) is 1. The number of likely N-dealkylation sites (tertiary alicyclic amines) is 2. The number of rotatable bonds is 4. The van der Waals surface area contributed by atoms with E-state index >= 15 is 0 Å². The Morgan fingerprint density at radius 1 is 1.26 bits per heavy atom. The number of hydrogen-bond donors (Lipinski definition) is 1. The fourth-order valence-corrected chi connectivity index (χ4v) is 4.16. The molecule has 6 heteroatoms. The zero-order chi connectivity index (χ0) is 15.4. The van der Waals surface area contributed by atoms with Crippen LogP contribution in [-0.2, 0) is 4.74 Å². The number of ether oxygens (including phenoxy) is 1. The molecule has 3 saturated heterocycles. The van der Waals surface area contributed by atoms with E-state index in [1.165, 1.54) is 45.3 Å². The minimum absolute atomic E-state index is 0. The topological polar surface area (TPSA) is 40.1 Å². The molecule has 134 valence electrons. The van der Waals surface area contributed by atoms with Crippen LogP contribution in [0.25, 0.3) is 0 Å². The number of nitrogens with zero attached hydrogens (tertiary/aromatic N) is 3. The molecule has 5 nitrogen and oxygen atoms in total. The summed E-state index contributed by atoms with van der Waals surface area (Å²) in [6.45, 7) is 11.2. The van der Waals surface area contributed by atoms with E-state index in [-0.39, 0.29) is 24.0 Å². The first-order chi connectivity index (χ1) is 10.7. The zero-order valence-electron chi connectivity index (χ0n) is 14.7. The van der Waals surface area contributed by atoms with Crippen LogP contribution in [0.1, 0.15) is 32.6 Å². The zero-order valence-corrected chi connectivity index (χ0v) is 17.1. The molecule has 3 aliphatic heterocycles. The Bertz CT molecular complexity index is 392. The van der Waals surface area contributed by atoms with Gasteiger partial charge in [-0.3, -0.25) is 4.99 Å². The second-order valence-electron chi connectivity index (χ2n) is 7.52. The van der Waals surface area contributed by atoms with Crippen molar-refractivity contribution in [1.82, 2.24) is 15.1 Å². The Morgan fingerprint density at radius 2 is 2.04 bits per heavy atom. The van der Waals surface area contributed by atoms with Crippen LogP contribution in [0.5, 0.6) is 0 Å². The van der Waals surface area contributed by atoms with E-state index in [2.05, 4.69) is 27.0 Å². The van der Waals surface area contributed by atoms with Crippen LogP contribution in [0.4, 0.5) is 0 Å². The fourth-order valence-electron chi connectivity index (χ4n) is 4.16. The van der Waals surface area contributed by atoms with E-state index in [4.69, 9.17) is 4.74 Å². The number of hydrogen-bond acceptors (Lipinski definition) is 3. The third-order valence-electron chi connectivity index (χ3n) is 5.51. The van der Waals surface area contributed by atoms with Crippen molar-refractivity contribution < 1.29 is 4.74 Å². The van der Waals surface area contributed by atoms with Crippen molar-refractivity contribution in [2.24, 2.45) is 16.3 Å². The Balaban J connectivity index is 0.00000192. The molecule has 1 spiro atoms. The van der Waals surface area contributed by atoms with Crippen LogP contribution < -0.4 is 5.32 Å². The largest absolute Gasteiger partial charge is 0.381 e. The maximum absolute atomic E-state index is 5.62. The third kappa shape index (κ3) is 4.95. The summed E-state index contributed by atoms with van der Waals surface area (Å²) in [5, 5.41) is 3.60. The predicted octanol–water partition coefficient (Wildman–Crippen LogP) is 2.02. The summed E-state index contributed by atoms with van der Waals surface area (Å²) in [6.07, 6.45) is 5.21. The van der Waals surface area contributed by atoms with Gasteiger partial charge in [-0.15, -0.1) is 24.0 Å². The van der Waals surface area contributed by atoms with Crippen molar-refractivity contribution in [2.45, 2.75) is 32.6 Å². The molecule has 0 amide bonds. The monoisotopic (exact) mass is 436 g/mol. The van der Waals surface area contributed by atoms with Gasteiger partial charge in [-0.25, -0.2) is 0 Å². The van der Waals surface area contributed by atoms with E-state index in [9.17, 15) is 0 Å². The molecule has 3 rings (SSSR count). The van der Waals surface area contributed by atoms with E-state index < -0.39 is 0 Å². The highest BCUT2D eigenvalue weighted by Gasteiger charge is 2.42. The van der Waals surface area contributed by atoms with Gasteiger partial charge in [0.25, 0.3) is 0 Å². The Hall–Kier alpha value is -0.0800. The molecule has 0 aromatic rings. The second-order valence-corrected chi connectivity index (χ2v) is 7.52. The predicted molar refractivity (Wildman–Crippen MR) is 106 cm³/mol. The molecule has 2 atom stereocenters. The van der Waals surface area contributed by atoms with Crippen LogP contribution in [0.2, 0.25) is 0 Å². The van der Waals surface area contributed by atoms with E-state index in [0.717, 1.165) is 38.8 Å². The van der Waals surface area contributed by atoms with Crippen molar-refractivity contribution in [2.75, 3.05) is 59.5 Å². The molecule has 0 radical (unpaired) electrons. The van der Waals surface area contributed by atoms with Gasteiger partial charge in [0.2, 0.25) is 0 Å². The number of aliphatic imine (C=N–C) groups is 1. The maximum atomic E-state index is 5.62. The highest BCUT2D eigenvalue weighted by Crippen LogP contribution is 2.38. The summed E-state index contributed by atoms with van der Waals surface area (Å²) < 4.78 is 5.62. The van der Waals surface area contributed by atoms with Gasteiger partial charge in [-0.05, 0) is 44.7 Å². The van der Waals surface area contributed by atoms with Crippen LogP contribution in [0, 0.1) is 11.3 Å². The van der Waals surface area contributed by atoms with Gasteiger partial charge in [-0.2, -0.15) is 0 Å².